The number of carbonyl (C=O) groups is 3. The quantitative estimate of drug-likeness (QED) is 0.585. The van der Waals surface area contributed by atoms with Gasteiger partial charge in [-0.15, -0.1) is 0 Å². The minimum absolute atomic E-state index is 0.120. The summed E-state index contributed by atoms with van der Waals surface area (Å²) in [5, 5.41) is 17.2. The number of nitrogens with zero attached hydrogens (tertiary/aromatic N) is 1. The number of aliphatic carboxylic acids is 2. The summed E-state index contributed by atoms with van der Waals surface area (Å²) in [7, 11) is 0. The first-order chi connectivity index (χ1) is 7.91. The maximum Gasteiger partial charge on any atom is 0.305 e. The van der Waals surface area contributed by atoms with Crippen LogP contribution < -0.4 is 5.73 Å². The second-order valence-electron chi connectivity index (χ2n) is 4.13. The normalized spacial score (nSPS) is 21.2. The van der Waals surface area contributed by atoms with Gasteiger partial charge in [0.25, 0.3) is 0 Å². The predicted molar refractivity (Wildman–Crippen MR) is 57.2 cm³/mol. The van der Waals surface area contributed by atoms with Gasteiger partial charge in [-0.3, -0.25) is 14.4 Å². The molecule has 2 atom stereocenters. The first-order valence-electron chi connectivity index (χ1n) is 5.41. The summed E-state index contributed by atoms with van der Waals surface area (Å²) < 4.78 is 0. The van der Waals surface area contributed by atoms with Crippen molar-refractivity contribution in [1.29, 1.82) is 0 Å². The molecule has 1 heterocycles. The first kappa shape index (κ1) is 13.4. The van der Waals surface area contributed by atoms with E-state index in [1.54, 1.807) is 0 Å². The number of hydrogen-bond acceptors (Lipinski definition) is 4. The minimum Gasteiger partial charge on any atom is -0.481 e. The number of rotatable bonds is 5. The molecule has 17 heavy (non-hydrogen) atoms. The van der Waals surface area contributed by atoms with Crippen molar-refractivity contribution in [3.8, 4) is 0 Å². The Labute approximate surface area is 98.2 Å². The fourth-order valence-electron chi connectivity index (χ4n) is 2.03. The summed E-state index contributed by atoms with van der Waals surface area (Å²) in [5.74, 6) is -2.59. The Morgan fingerprint density at radius 2 is 1.94 bits per heavy atom. The summed E-state index contributed by atoms with van der Waals surface area (Å²) in [6.45, 7) is 0.449. The molecule has 1 aliphatic heterocycles. The van der Waals surface area contributed by atoms with Gasteiger partial charge in [-0.05, 0) is 12.8 Å². The third-order valence-corrected chi connectivity index (χ3v) is 2.78. The number of likely N-dealkylation sites (tertiary alicyclic amines) is 1. The predicted octanol–water partition coefficient (Wildman–Crippen LogP) is -0.746. The molecule has 0 radical (unpaired) electrons. The lowest BCUT2D eigenvalue weighted by atomic mass is 10.1. The van der Waals surface area contributed by atoms with Crippen molar-refractivity contribution in [2.45, 2.75) is 37.8 Å². The van der Waals surface area contributed by atoms with Crippen LogP contribution in [0.1, 0.15) is 25.7 Å². The van der Waals surface area contributed by atoms with Gasteiger partial charge in [0.05, 0.1) is 18.9 Å². The number of carbonyl (C=O) groups excluding carboxylic acids is 1. The lowest BCUT2D eigenvalue weighted by Gasteiger charge is -2.25. The second-order valence-corrected chi connectivity index (χ2v) is 4.13. The zero-order valence-electron chi connectivity index (χ0n) is 9.33. The van der Waals surface area contributed by atoms with Crippen molar-refractivity contribution in [2.75, 3.05) is 6.54 Å². The highest BCUT2D eigenvalue weighted by Crippen LogP contribution is 2.21. The van der Waals surface area contributed by atoms with Gasteiger partial charge in [-0.1, -0.05) is 0 Å². The van der Waals surface area contributed by atoms with Crippen molar-refractivity contribution >= 4 is 17.8 Å². The van der Waals surface area contributed by atoms with Crippen molar-refractivity contribution in [3.05, 3.63) is 0 Å². The Morgan fingerprint density at radius 3 is 2.47 bits per heavy atom. The van der Waals surface area contributed by atoms with E-state index in [2.05, 4.69) is 0 Å². The average Bonchev–Trinajstić information content (AvgIpc) is 2.62. The van der Waals surface area contributed by atoms with Gasteiger partial charge in [0.2, 0.25) is 5.91 Å². The van der Waals surface area contributed by atoms with E-state index >= 15 is 0 Å². The van der Waals surface area contributed by atoms with Crippen LogP contribution in [-0.2, 0) is 14.4 Å². The van der Waals surface area contributed by atoms with Crippen LogP contribution in [0.15, 0.2) is 0 Å². The molecule has 0 aliphatic carbocycles. The molecular weight excluding hydrogens is 228 g/mol. The zero-order valence-corrected chi connectivity index (χ0v) is 9.33. The molecule has 0 spiro atoms. The van der Waals surface area contributed by atoms with Gasteiger partial charge in [-0.2, -0.15) is 0 Å². The molecule has 1 rings (SSSR count). The van der Waals surface area contributed by atoms with Gasteiger partial charge < -0.3 is 20.8 Å². The van der Waals surface area contributed by atoms with Crippen molar-refractivity contribution < 1.29 is 24.6 Å². The van der Waals surface area contributed by atoms with E-state index in [1.165, 1.54) is 4.90 Å². The maximum absolute atomic E-state index is 11.8. The Bertz CT molecular complexity index is 331. The Hall–Kier alpha value is -1.63. The Balaban J connectivity index is 2.60. The van der Waals surface area contributed by atoms with Crippen LogP contribution in [-0.4, -0.2) is 51.6 Å². The maximum atomic E-state index is 11.8. The van der Waals surface area contributed by atoms with Crippen LogP contribution >= 0.6 is 0 Å². The molecule has 7 nitrogen and oxygen atoms in total. The van der Waals surface area contributed by atoms with Crippen LogP contribution in [0.5, 0.6) is 0 Å². The van der Waals surface area contributed by atoms with E-state index in [9.17, 15) is 14.4 Å². The number of carboxylic acids is 2. The molecule has 1 saturated heterocycles. The van der Waals surface area contributed by atoms with Gasteiger partial charge in [0, 0.05) is 12.6 Å². The van der Waals surface area contributed by atoms with Crippen LogP contribution in [0.3, 0.4) is 0 Å². The summed E-state index contributed by atoms with van der Waals surface area (Å²) in [6.07, 6.45) is 0.794. The summed E-state index contributed by atoms with van der Waals surface area (Å²) in [6, 6.07) is -1.46. The second kappa shape index (κ2) is 5.62. The lowest BCUT2D eigenvalue weighted by Crippen LogP contribution is -2.47. The van der Waals surface area contributed by atoms with Gasteiger partial charge in [0.15, 0.2) is 0 Å². The number of hydrogen-bond donors (Lipinski definition) is 3. The van der Waals surface area contributed by atoms with Crippen LogP contribution in [0.4, 0.5) is 0 Å². The molecule has 0 aromatic carbocycles. The molecule has 0 bridgehead atoms. The number of carboxylic acid groups (broad SMARTS) is 2. The van der Waals surface area contributed by atoms with Gasteiger partial charge in [0.1, 0.15) is 0 Å². The number of amides is 1. The Morgan fingerprint density at radius 1 is 1.29 bits per heavy atom. The molecular formula is C10H16N2O5. The van der Waals surface area contributed by atoms with Crippen LogP contribution in [0.25, 0.3) is 0 Å². The van der Waals surface area contributed by atoms with E-state index in [1.807, 2.05) is 0 Å². The SMILES string of the molecule is NC(CC(=O)O)C(=O)N1CCCC1CC(=O)O. The largest absolute Gasteiger partial charge is 0.481 e. The summed E-state index contributed by atoms with van der Waals surface area (Å²) in [5.41, 5.74) is 5.47. The smallest absolute Gasteiger partial charge is 0.305 e. The third-order valence-electron chi connectivity index (χ3n) is 2.78. The zero-order chi connectivity index (χ0) is 13.0. The fraction of sp³-hybridized carbons (Fsp3) is 0.700. The average molecular weight is 244 g/mol. The first-order valence-corrected chi connectivity index (χ1v) is 5.41. The minimum atomic E-state index is -1.14. The monoisotopic (exact) mass is 244 g/mol. The molecule has 0 aromatic rings. The van der Waals surface area contributed by atoms with E-state index < -0.39 is 30.3 Å². The van der Waals surface area contributed by atoms with E-state index in [4.69, 9.17) is 15.9 Å². The van der Waals surface area contributed by atoms with E-state index in [0.717, 1.165) is 6.42 Å². The van der Waals surface area contributed by atoms with Crippen molar-refractivity contribution in [1.82, 2.24) is 4.90 Å². The lowest BCUT2D eigenvalue weighted by molar-refractivity contribution is -0.144. The highest BCUT2D eigenvalue weighted by atomic mass is 16.4. The highest BCUT2D eigenvalue weighted by Gasteiger charge is 2.33. The molecule has 1 fully saturated rings. The molecule has 1 aliphatic rings. The van der Waals surface area contributed by atoms with Crippen molar-refractivity contribution in [2.24, 2.45) is 5.73 Å². The molecule has 7 heteroatoms. The van der Waals surface area contributed by atoms with Crippen LogP contribution in [0, 0.1) is 0 Å². The molecule has 0 saturated carbocycles. The van der Waals surface area contributed by atoms with Crippen molar-refractivity contribution in [3.63, 3.8) is 0 Å². The molecule has 4 N–H and O–H groups in total. The third kappa shape index (κ3) is 3.70. The summed E-state index contributed by atoms with van der Waals surface area (Å²) in [4.78, 5) is 34.3. The fourth-order valence-corrected chi connectivity index (χ4v) is 2.03. The molecule has 1 amide bonds. The molecule has 96 valence electrons. The van der Waals surface area contributed by atoms with E-state index in [-0.39, 0.29) is 12.5 Å². The molecule has 2 unspecified atom stereocenters. The highest BCUT2D eigenvalue weighted by molar-refractivity contribution is 5.86. The van der Waals surface area contributed by atoms with Crippen LogP contribution in [0.2, 0.25) is 0 Å². The molecule has 0 aromatic heterocycles. The van der Waals surface area contributed by atoms with E-state index in [0.29, 0.717) is 13.0 Å². The standard InChI is InChI=1S/C10H16N2O5/c11-7(5-9(15)16)10(17)12-3-1-2-6(12)4-8(13)14/h6-7H,1-5,11H2,(H,13,14)(H,15,16). The Kier molecular flexibility index (Phi) is 4.45. The topological polar surface area (TPSA) is 121 Å². The van der Waals surface area contributed by atoms with Gasteiger partial charge >= 0.3 is 11.9 Å². The number of nitrogens with two attached hydrogens (primary N) is 1. The summed E-state index contributed by atoms with van der Waals surface area (Å²) >= 11 is 0. The van der Waals surface area contributed by atoms with Gasteiger partial charge in [-0.25, -0.2) is 0 Å².